The van der Waals surface area contributed by atoms with Crippen LogP contribution in [-0.2, 0) is 16.1 Å². The second kappa shape index (κ2) is 4.96. The summed E-state index contributed by atoms with van der Waals surface area (Å²) in [5.74, 6) is -0.827. The monoisotopic (exact) mass is 287 g/mol. The molecule has 0 saturated carbocycles. The van der Waals surface area contributed by atoms with E-state index in [2.05, 4.69) is 5.32 Å². The van der Waals surface area contributed by atoms with Crippen LogP contribution in [0.1, 0.15) is 47.3 Å². The quantitative estimate of drug-likeness (QED) is 0.773. The SMILES string of the molecule is CC1c2cc(CN)ccc2C(=O)N1C1CCC(=O)NC1=O. The number of hydrogen-bond donors (Lipinski definition) is 2. The molecular weight excluding hydrogens is 270 g/mol. The van der Waals surface area contributed by atoms with E-state index in [1.807, 2.05) is 19.1 Å². The zero-order chi connectivity index (χ0) is 15.1. The second-order valence-electron chi connectivity index (χ2n) is 5.48. The predicted octanol–water partition coefficient (Wildman–Crippen LogP) is 0.467. The number of carbonyl (C=O) groups is 3. The maximum atomic E-state index is 12.6. The molecule has 6 heteroatoms. The van der Waals surface area contributed by atoms with Crippen LogP contribution in [0.2, 0.25) is 0 Å². The Labute approximate surface area is 122 Å². The fourth-order valence-electron chi connectivity index (χ4n) is 3.10. The fraction of sp³-hybridized carbons (Fsp3) is 0.400. The molecule has 21 heavy (non-hydrogen) atoms. The van der Waals surface area contributed by atoms with Crippen LogP contribution in [-0.4, -0.2) is 28.7 Å². The van der Waals surface area contributed by atoms with E-state index < -0.39 is 11.9 Å². The van der Waals surface area contributed by atoms with Gasteiger partial charge in [0.05, 0.1) is 6.04 Å². The van der Waals surface area contributed by atoms with Crippen molar-refractivity contribution < 1.29 is 14.4 Å². The minimum Gasteiger partial charge on any atom is -0.326 e. The lowest BCUT2D eigenvalue weighted by molar-refractivity contribution is -0.137. The second-order valence-corrected chi connectivity index (χ2v) is 5.48. The minimum absolute atomic E-state index is 0.157. The molecule has 1 aromatic carbocycles. The Bertz CT molecular complexity index is 641. The molecule has 0 aromatic heterocycles. The summed E-state index contributed by atoms with van der Waals surface area (Å²) in [5, 5.41) is 2.30. The van der Waals surface area contributed by atoms with Gasteiger partial charge in [0.2, 0.25) is 11.8 Å². The van der Waals surface area contributed by atoms with E-state index in [4.69, 9.17) is 5.73 Å². The number of benzene rings is 1. The lowest BCUT2D eigenvalue weighted by atomic mass is 10.0. The lowest BCUT2D eigenvalue weighted by Gasteiger charge is -2.32. The summed E-state index contributed by atoms with van der Waals surface area (Å²) in [7, 11) is 0. The number of carbonyl (C=O) groups excluding carboxylic acids is 3. The molecule has 0 bridgehead atoms. The van der Waals surface area contributed by atoms with Crippen LogP contribution in [0.15, 0.2) is 18.2 Å². The van der Waals surface area contributed by atoms with Crippen molar-refractivity contribution in [3.05, 3.63) is 34.9 Å². The molecule has 3 rings (SSSR count). The number of amides is 3. The first kappa shape index (κ1) is 13.8. The molecule has 110 valence electrons. The van der Waals surface area contributed by atoms with Gasteiger partial charge in [0.15, 0.2) is 0 Å². The van der Waals surface area contributed by atoms with Gasteiger partial charge in [-0.15, -0.1) is 0 Å². The molecule has 0 radical (unpaired) electrons. The maximum absolute atomic E-state index is 12.6. The number of fused-ring (bicyclic) bond motifs is 1. The summed E-state index contributed by atoms with van der Waals surface area (Å²) in [6.45, 7) is 2.31. The Morgan fingerprint density at radius 3 is 2.76 bits per heavy atom. The highest BCUT2D eigenvalue weighted by Crippen LogP contribution is 2.36. The molecule has 2 unspecified atom stereocenters. The minimum atomic E-state index is -0.584. The Kier molecular flexibility index (Phi) is 3.25. The average Bonchev–Trinajstić information content (AvgIpc) is 2.71. The van der Waals surface area contributed by atoms with Crippen molar-refractivity contribution in [3.8, 4) is 0 Å². The van der Waals surface area contributed by atoms with Crippen molar-refractivity contribution >= 4 is 17.7 Å². The van der Waals surface area contributed by atoms with E-state index in [1.165, 1.54) is 0 Å². The van der Waals surface area contributed by atoms with Gasteiger partial charge < -0.3 is 10.6 Å². The zero-order valence-electron chi connectivity index (χ0n) is 11.8. The number of hydrogen-bond acceptors (Lipinski definition) is 4. The molecule has 1 saturated heterocycles. The van der Waals surface area contributed by atoms with Crippen LogP contribution in [0.3, 0.4) is 0 Å². The van der Waals surface area contributed by atoms with Crippen LogP contribution in [0.5, 0.6) is 0 Å². The number of nitrogens with two attached hydrogens (primary N) is 1. The summed E-state index contributed by atoms with van der Waals surface area (Å²) in [5.41, 5.74) is 8.11. The van der Waals surface area contributed by atoms with Gasteiger partial charge in [-0.25, -0.2) is 0 Å². The molecule has 2 heterocycles. The number of nitrogens with one attached hydrogen (secondary N) is 1. The van der Waals surface area contributed by atoms with Crippen molar-refractivity contribution in [1.82, 2.24) is 10.2 Å². The Morgan fingerprint density at radius 2 is 2.10 bits per heavy atom. The first-order chi connectivity index (χ1) is 10.0. The van der Waals surface area contributed by atoms with Gasteiger partial charge in [0, 0.05) is 18.5 Å². The number of imide groups is 1. The van der Waals surface area contributed by atoms with Crippen molar-refractivity contribution in [1.29, 1.82) is 0 Å². The van der Waals surface area contributed by atoms with E-state index >= 15 is 0 Å². The van der Waals surface area contributed by atoms with E-state index in [1.54, 1.807) is 11.0 Å². The van der Waals surface area contributed by atoms with Gasteiger partial charge in [-0.2, -0.15) is 0 Å². The Balaban J connectivity index is 1.94. The molecule has 2 aliphatic rings. The van der Waals surface area contributed by atoms with Crippen molar-refractivity contribution in [2.24, 2.45) is 5.73 Å². The molecule has 6 nitrogen and oxygen atoms in total. The van der Waals surface area contributed by atoms with E-state index in [-0.39, 0.29) is 24.3 Å². The highest BCUT2D eigenvalue weighted by molar-refractivity contribution is 6.05. The predicted molar refractivity (Wildman–Crippen MR) is 75.1 cm³/mol. The maximum Gasteiger partial charge on any atom is 0.255 e. The van der Waals surface area contributed by atoms with Gasteiger partial charge in [-0.3, -0.25) is 19.7 Å². The largest absolute Gasteiger partial charge is 0.326 e. The van der Waals surface area contributed by atoms with Crippen LogP contribution < -0.4 is 11.1 Å². The molecule has 1 fully saturated rings. The van der Waals surface area contributed by atoms with Gasteiger partial charge in [-0.1, -0.05) is 12.1 Å². The third-order valence-corrected chi connectivity index (χ3v) is 4.23. The van der Waals surface area contributed by atoms with Gasteiger partial charge in [-0.05, 0) is 30.5 Å². The number of rotatable bonds is 2. The first-order valence-electron chi connectivity index (χ1n) is 7.02. The van der Waals surface area contributed by atoms with E-state index in [0.717, 1.165) is 11.1 Å². The van der Waals surface area contributed by atoms with Gasteiger partial charge in [0.1, 0.15) is 6.04 Å². The van der Waals surface area contributed by atoms with Crippen LogP contribution in [0, 0.1) is 0 Å². The summed E-state index contributed by atoms with van der Waals surface area (Å²) >= 11 is 0. The van der Waals surface area contributed by atoms with Gasteiger partial charge >= 0.3 is 0 Å². The standard InChI is InChI=1S/C15H17N3O3/c1-8-11-6-9(7-16)2-3-10(11)15(21)18(8)12-4-5-13(19)17-14(12)20/h2-3,6,8,12H,4-5,7,16H2,1H3,(H,17,19,20). The van der Waals surface area contributed by atoms with Crippen molar-refractivity contribution in [2.45, 2.75) is 38.4 Å². The van der Waals surface area contributed by atoms with Crippen LogP contribution in [0.25, 0.3) is 0 Å². The molecule has 2 aliphatic heterocycles. The topological polar surface area (TPSA) is 92.5 Å². The lowest BCUT2D eigenvalue weighted by Crippen LogP contribution is -2.53. The highest BCUT2D eigenvalue weighted by atomic mass is 16.2. The Morgan fingerprint density at radius 1 is 1.33 bits per heavy atom. The average molecular weight is 287 g/mol. The summed E-state index contributed by atoms with van der Waals surface area (Å²) in [6, 6.07) is 4.74. The molecule has 3 amide bonds. The third-order valence-electron chi connectivity index (χ3n) is 4.23. The van der Waals surface area contributed by atoms with Gasteiger partial charge in [0.25, 0.3) is 5.91 Å². The zero-order valence-corrected chi connectivity index (χ0v) is 11.8. The molecular formula is C15H17N3O3. The first-order valence-corrected chi connectivity index (χ1v) is 7.02. The normalized spacial score (nSPS) is 25.0. The van der Waals surface area contributed by atoms with Crippen LogP contribution in [0.4, 0.5) is 0 Å². The fourth-order valence-corrected chi connectivity index (χ4v) is 3.10. The summed E-state index contributed by atoms with van der Waals surface area (Å²) in [6.07, 6.45) is 0.635. The summed E-state index contributed by atoms with van der Waals surface area (Å²) < 4.78 is 0. The smallest absolute Gasteiger partial charge is 0.255 e. The van der Waals surface area contributed by atoms with E-state index in [9.17, 15) is 14.4 Å². The molecule has 3 N–H and O–H groups in total. The molecule has 1 aromatic rings. The highest BCUT2D eigenvalue weighted by Gasteiger charge is 2.42. The van der Waals surface area contributed by atoms with Crippen molar-refractivity contribution in [2.75, 3.05) is 0 Å². The Hall–Kier alpha value is -2.21. The van der Waals surface area contributed by atoms with Crippen LogP contribution >= 0.6 is 0 Å². The summed E-state index contributed by atoms with van der Waals surface area (Å²) in [4.78, 5) is 37.4. The molecule has 0 aliphatic carbocycles. The number of nitrogens with zero attached hydrogens (tertiary/aromatic N) is 1. The third kappa shape index (κ3) is 2.12. The molecule has 2 atom stereocenters. The molecule has 0 spiro atoms. The number of piperidine rings is 1. The van der Waals surface area contributed by atoms with E-state index in [0.29, 0.717) is 18.5 Å². The van der Waals surface area contributed by atoms with Crippen molar-refractivity contribution in [3.63, 3.8) is 0 Å².